The molecule has 1 N–H and O–H groups in total. The Hall–Kier alpha value is -3.18. The SMILES string of the molecule is Cc1cccc(-c2sc(C)nc2C(=O)N2CCSC2CNC(=O)c2cccc3c2OC(F)(F)O3)c1. The second-order valence-electron chi connectivity index (χ2n) is 8.11. The van der Waals surface area contributed by atoms with Gasteiger partial charge in [-0.25, -0.2) is 4.98 Å². The third-order valence-corrected chi connectivity index (χ3v) is 7.82. The van der Waals surface area contributed by atoms with Crippen molar-refractivity contribution in [3.05, 3.63) is 64.3 Å². The maximum atomic E-state index is 13.5. The number of thioether (sulfide) groups is 1. The number of nitrogens with one attached hydrogen (secondary N) is 1. The minimum absolute atomic E-state index is 0.0580. The number of fused-ring (bicyclic) bond motifs is 1. The fourth-order valence-electron chi connectivity index (χ4n) is 4.04. The molecule has 7 nitrogen and oxygen atoms in total. The van der Waals surface area contributed by atoms with Gasteiger partial charge in [0.2, 0.25) is 0 Å². The van der Waals surface area contributed by atoms with Gasteiger partial charge in [-0.15, -0.1) is 31.9 Å². The van der Waals surface area contributed by atoms with E-state index < -0.39 is 12.2 Å². The van der Waals surface area contributed by atoms with Gasteiger partial charge in [0.1, 0.15) is 5.69 Å². The second kappa shape index (κ2) is 9.12. The molecule has 0 bridgehead atoms. The van der Waals surface area contributed by atoms with Crippen molar-refractivity contribution in [1.29, 1.82) is 0 Å². The van der Waals surface area contributed by atoms with Gasteiger partial charge < -0.3 is 19.7 Å². The topological polar surface area (TPSA) is 80.8 Å². The molecule has 2 aliphatic heterocycles. The van der Waals surface area contributed by atoms with Gasteiger partial charge in [-0.3, -0.25) is 9.59 Å². The number of amides is 2. The van der Waals surface area contributed by atoms with Crippen LogP contribution in [0.25, 0.3) is 10.4 Å². The zero-order chi connectivity index (χ0) is 24.7. The molecule has 35 heavy (non-hydrogen) atoms. The van der Waals surface area contributed by atoms with Gasteiger partial charge in [-0.05, 0) is 31.5 Å². The quantitative estimate of drug-likeness (QED) is 0.529. The summed E-state index contributed by atoms with van der Waals surface area (Å²) in [6, 6.07) is 12.1. The average Bonchev–Trinajstić information content (AvgIpc) is 3.52. The van der Waals surface area contributed by atoms with Crippen molar-refractivity contribution in [3.8, 4) is 21.9 Å². The van der Waals surface area contributed by atoms with Crippen LogP contribution in [-0.2, 0) is 0 Å². The molecule has 2 aromatic carbocycles. The van der Waals surface area contributed by atoms with Crippen molar-refractivity contribution in [3.63, 3.8) is 0 Å². The molecule has 1 fully saturated rings. The van der Waals surface area contributed by atoms with Gasteiger partial charge in [-0.1, -0.05) is 35.9 Å². The van der Waals surface area contributed by atoms with E-state index >= 15 is 0 Å². The maximum absolute atomic E-state index is 13.5. The lowest BCUT2D eigenvalue weighted by Crippen LogP contribution is -2.42. The Balaban J connectivity index is 1.31. The molecule has 11 heteroatoms. The predicted octanol–water partition coefficient (Wildman–Crippen LogP) is 4.69. The number of alkyl halides is 2. The Kier molecular flexibility index (Phi) is 6.14. The zero-order valence-corrected chi connectivity index (χ0v) is 20.5. The number of carbonyl (C=O) groups is 2. The lowest BCUT2D eigenvalue weighted by atomic mass is 10.1. The summed E-state index contributed by atoms with van der Waals surface area (Å²) in [6.07, 6.45) is -3.82. The summed E-state index contributed by atoms with van der Waals surface area (Å²) in [5.41, 5.74) is 2.36. The minimum Gasteiger partial charge on any atom is -0.395 e. The minimum atomic E-state index is -3.82. The fourth-order valence-corrected chi connectivity index (χ4v) is 6.10. The monoisotopic (exact) mass is 517 g/mol. The first kappa shape index (κ1) is 23.6. The Bertz CT molecular complexity index is 1310. The van der Waals surface area contributed by atoms with E-state index in [2.05, 4.69) is 19.8 Å². The van der Waals surface area contributed by atoms with Crippen molar-refractivity contribution in [2.45, 2.75) is 25.5 Å². The van der Waals surface area contributed by atoms with E-state index in [1.54, 1.807) is 4.90 Å². The number of hydrogen-bond acceptors (Lipinski definition) is 7. The zero-order valence-electron chi connectivity index (χ0n) is 18.8. The van der Waals surface area contributed by atoms with Crippen LogP contribution in [0.5, 0.6) is 11.5 Å². The smallest absolute Gasteiger partial charge is 0.395 e. The van der Waals surface area contributed by atoms with Gasteiger partial charge in [0.25, 0.3) is 11.8 Å². The van der Waals surface area contributed by atoms with E-state index in [-0.39, 0.29) is 34.9 Å². The van der Waals surface area contributed by atoms with Gasteiger partial charge in [-0.2, -0.15) is 0 Å². The van der Waals surface area contributed by atoms with Crippen molar-refractivity contribution in [2.24, 2.45) is 0 Å². The summed E-state index contributed by atoms with van der Waals surface area (Å²) in [5.74, 6) is -0.584. The van der Waals surface area contributed by atoms with E-state index in [1.807, 2.05) is 38.1 Å². The normalized spacial score (nSPS) is 18.1. The van der Waals surface area contributed by atoms with E-state index in [4.69, 9.17) is 0 Å². The van der Waals surface area contributed by atoms with Crippen LogP contribution < -0.4 is 14.8 Å². The van der Waals surface area contributed by atoms with Gasteiger partial charge >= 0.3 is 6.29 Å². The van der Waals surface area contributed by atoms with E-state index in [0.29, 0.717) is 18.0 Å². The number of hydrogen-bond donors (Lipinski definition) is 1. The van der Waals surface area contributed by atoms with Crippen LogP contribution in [0, 0.1) is 13.8 Å². The number of benzene rings is 2. The molecular formula is C24H21F2N3O4S2. The number of rotatable bonds is 5. The van der Waals surface area contributed by atoms with Crippen LogP contribution in [0.1, 0.15) is 31.4 Å². The predicted molar refractivity (Wildman–Crippen MR) is 129 cm³/mol. The molecule has 5 rings (SSSR count). The number of aryl methyl sites for hydroxylation is 2. The first-order valence-electron chi connectivity index (χ1n) is 10.9. The van der Waals surface area contributed by atoms with Crippen LogP contribution in [0.2, 0.25) is 0 Å². The van der Waals surface area contributed by atoms with Crippen LogP contribution in [-0.4, -0.2) is 52.2 Å². The van der Waals surface area contributed by atoms with Crippen molar-refractivity contribution >= 4 is 34.9 Å². The van der Waals surface area contributed by atoms with Crippen molar-refractivity contribution in [1.82, 2.24) is 15.2 Å². The molecule has 0 saturated carbocycles. The first-order chi connectivity index (χ1) is 16.7. The van der Waals surface area contributed by atoms with Gasteiger partial charge in [0.15, 0.2) is 11.5 Å². The van der Waals surface area contributed by atoms with Gasteiger partial charge in [0, 0.05) is 18.8 Å². The molecule has 0 spiro atoms. The molecular weight excluding hydrogens is 496 g/mol. The summed E-state index contributed by atoms with van der Waals surface area (Å²) in [6.45, 7) is 4.51. The summed E-state index contributed by atoms with van der Waals surface area (Å²) < 4.78 is 35.9. The van der Waals surface area contributed by atoms with E-state index in [1.165, 1.54) is 41.3 Å². The Morgan fingerprint density at radius 1 is 1.20 bits per heavy atom. The van der Waals surface area contributed by atoms with E-state index in [0.717, 1.165) is 21.0 Å². The van der Waals surface area contributed by atoms with Crippen LogP contribution >= 0.6 is 23.1 Å². The number of nitrogens with zero attached hydrogens (tertiary/aromatic N) is 2. The number of ether oxygens (including phenoxy) is 2. The molecule has 0 aliphatic carbocycles. The average molecular weight is 518 g/mol. The molecule has 2 aliphatic rings. The molecule has 182 valence electrons. The summed E-state index contributed by atoms with van der Waals surface area (Å²) in [5, 5.41) is 3.21. The highest BCUT2D eigenvalue weighted by Gasteiger charge is 2.45. The number of aromatic nitrogens is 1. The third-order valence-electron chi connectivity index (χ3n) is 5.58. The maximum Gasteiger partial charge on any atom is 0.586 e. The number of thiazole rings is 1. The molecule has 3 aromatic rings. The van der Waals surface area contributed by atoms with Crippen LogP contribution in [0.4, 0.5) is 8.78 Å². The highest BCUT2D eigenvalue weighted by molar-refractivity contribution is 8.00. The standard InChI is InChI=1S/C24H21F2N3O4S2/c1-13-5-3-6-15(11-13)21-19(28-14(2)35-21)23(31)29-9-10-34-18(29)12-27-22(30)16-7-4-8-17-20(16)33-24(25,26)32-17/h3-8,11,18H,9-10,12H2,1-2H3,(H,27,30). The largest absolute Gasteiger partial charge is 0.586 e. The lowest BCUT2D eigenvalue weighted by Gasteiger charge is -2.24. The summed E-state index contributed by atoms with van der Waals surface area (Å²) in [4.78, 5) is 33.3. The van der Waals surface area contributed by atoms with E-state index in [9.17, 15) is 18.4 Å². The van der Waals surface area contributed by atoms with Crippen molar-refractivity contribution in [2.75, 3.05) is 18.8 Å². The molecule has 3 heterocycles. The van der Waals surface area contributed by atoms with Crippen molar-refractivity contribution < 1.29 is 27.8 Å². The molecule has 0 radical (unpaired) electrons. The Morgan fingerprint density at radius 3 is 2.80 bits per heavy atom. The Morgan fingerprint density at radius 2 is 2.00 bits per heavy atom. The number of carbonyl (C=O) groups excluding carboxylic acids is 2. The summed E-state index contributed by atoms with van der Waals surface area (Å²) in [7, 11) is 0. The molecule has 2 amide bonds. The highest BCUT2D eigenvalue weighted by Crippen LogP contribution is 2.43. The number of para-hydroxylation sites is 1. The number of halogens is 2. The molecule has 1 unspecified atom stereocenters. The first-order valence-corrected chi connectivity index (χ1v) is 12.7. The molecule has 1 aromatic heterocycles. The highest BCUT2D eigenvalue weighted by atomic mass is 32.2. The Labute approximate surface area is 208 Å². The van der Waals surface area contributed by atoms with Crippen LogP contribution in [0.3, 0.4) is 0 Å². The molecule has 1 atom stereocenters. The lowest BCUT2D eigenvalue weighted by molar-refractivity contribution is -0.286. The second-order valence-corrected chi connectivity index (χ2v) is 10.6. The van der Waals surface area contributed by atoms with Crippen LogP contribution in [0.15, 0.2) is 42.5 Å². The molecule has 1 saturated heterocycles. The fraction of sp³-hybridized carbons (Fsp3) is 0.292. The third kappa shape index (κ3) is 4.70. The van der Waals surface area contributed by atoms with Gasteiger partial charge in [0.05, 0.1) is 20.8 Å². The summed E-state index contributed by atoms with van der Waals surface area (Å²) >= 11 is 3.01.